The molecule has 1 N–H and O–H groups in total. The van der Waals surface area contributed by atoms with Crippen LogP contribution < -0.4 is 4.74 Å². The van der Waals surface area contributed by atoms with E-state index in [-0.39, 0.29) is 5.56 Å². The summed E-state index contributed by atoms with van der Waals surface area (Å²) in [6.45, 7) is 0. The van der Waals surface area contributed by atoms with Crippen molar-refractivity contribution in [3.05, 3.63) is 40.9 Å². The highest BCUT2D eigenvalue weighted by Crippen LogP contribution is 2.37. The highest BCUT2D eigenvalue weighted by molar-refractivity contribution is 6.32. The second kappa shape index (κ2) is 4.42. The van der Waals surface area contributed by atoms with Gasteiger partial charge in [-0.05, 0) is 24.3 Å². The zero-order valence-electron chi connectivity index (χ0n) is 11.0. The van der Waals surface area contributed by atoms with E-state index in [0.717, 1.165) is 21.8 Å². The van der Waals surface area contributed by atoms with Crippen LogP contribution in [0.5, 0.6) is 5.75 Å². The van der Waals surface area contributed by atoms with E-state index in [0.29, 0.717) is 10.8 Å². The summed E-state index contributed by atoms with van der Waals surface area (Å²) in [5, 5.41) is 11.6. The number of ether oxygens (including phenoxy) is 1. The van der Waals surface area contributed by atoms with Gasteiger partial charge in [0.15, 0.2) is 0 Å². The van der Waals surface area contributed by atoms with E-state index in [1.807, 2.05) is 17.7 Å². The monoisotopic (exact) mass is 289 g/mol. The Labute approximate surface area is 120 Å². The van der Waals surface area contributed by atoms with Gasteiger partial charge in [0.25, 0.3) is 0 Å². The van der Waals surface area contributed by atoms with Crippen LogP contribution in [0, 0.1) is 0 Å². The second-order valence-electron chi connectivity index (χ2n) is 4.60. The van der Waals surface area contributed by atoms with Crippen LogP contribution in [-0.4, -0.2) is 22.8 Å². The average Bonchev–Trinajstić information content (AvgIpc) is 2.71. The Balaban J connectivity index is 2.50. The molecular weight excluding hydrogens is 278 g/mol. The molecule has 5 heteroatoms. The van der Waals surface area contributed by atoms with E-state index >= 15 is 0 Å². The van der Waals surface area contributed by atoms with Crippen LogP contribution in [0.2, 0.25) is 5.02 Å². The van der Waals surface area contributed by atoms with Gasteiger partial charge in [-0.1, -0.05) is 17.7 Å². The van der Waals surface area contributed by atoms with Gasteiger partial charge in [0.05, 0.1) is 18.2 Å². The lowest BCUT2D eigenvalue weighted by atomic mass is 10.1. The van der Waals surface area contributed by atoms with Crippen LogP contribution in [-0.2, 0) is 7.05 Å². The van der Waals surface area contributed by atoms with Crippen LogP contribution in [0.3, 0.4) is 0 Å². The molecule has 0 aliphatic carbocycles. The predicted octanol–water partition coefficient (Wildman–Crippen LogP) is 3.69. The zero-order valence-corrected chi connectivity index (χ0v) is 11.7. The molecule has 102 valence electrons. The van der Waals surface area contributed by atoms with Crippen molar-refractivity contribution in [1.82, 2.24) is 4.57 Å². The number of hydrogen-bond donors (Lipinski definition) is 1. The molecule has 1 heterocycles. The number of aromatic carboxylic acids is 1. The van der Waals surface area contributed by atoms with Crippen molar-refractivity contribution in [2.24, 2.45) is 7.05 Å². The summed E-state index contributed by atoms with van der Waals surface area (Å²) in [6, 6.07) is 8.66. The molecule has 0 aliphatic heterocycles. The number of rotatable bonds is 2. The van der Waals surface area contributed by atoms with Crippen LogP contribution in [0.1, 0.15) is 10.4 Å². The van der Waals surface area contributed by atoms with Gasteiger partial charge in [-0.15, -0.1) is 0 Å². The van der Waals surface area contributed by atoms with Gasteiger partial charge < -0.3 is 14.4 Å². The van der Waals surface area contributed by atoms with Crippen molar-refractivity contribution in [3.63, 3.8) is 0 Å². The number of halogens is 1. The van der Waals surface area contributed by atoms with Crippen molar-refractivity contribution in [1.29, 1.82) is 0 Å². The van der Waals surface area contributed by atoms with Crippen LogP contribution in [0.4, 0.5) is 0 Å². The van der Waals surface area contributed by atoms with Crippen molar-refractivity contribution in [2.45, 2.75) is 0 Å². The fourth-order valence-corrected chi connectivity index (χ4v) is 2.75. The summed E-state index contributed by atoms with van der Waals surface area (Å²) in [7, 11) is 3.47. The van der Waals surface area contributed by atoms with Crippen LogP contribution in [0.25, 0.3) is 21.8 Å². The number of aryl methyl sites for hydroxylation is 1. The van der Waals surface area contributed by atoms with Crippen molar-refractivity contribution in [2.75, 3.05) is 7.11 Å². The minimum Gasteiger partial charge on any atom is -0.496 e. The maximum atomic E-state index is 11.1. The zero-order chi connectivity index (χ0) is 14.4. The first-order valence-electron chi connectivity index (χ1n) is 6.02. The smallest absolute Gasteiger partial charge is 0.335 e. The number of fused-ring (bicyclic) bond motifs is 3. The quantitative estimate of drug-likeness (QED) is 0.783. The minimum absolute atomic E-state index is 0.258. The van der Waals surface area contributed by atoms with Gasteiger partial charge in [0, 0.05) is 28.4 Å². The van der Waals surface area contributed by atoms with Crippen LogP contribution in [0.15, 0.2) is 30.3 Å². The van der Waals surface area contributed by atoms with Crippen molar-refractivity contribution in [3.8, 4) is 5.75 Å². The summed E-state index contributed by atoms with van der Waals surface area (Å²) in [5.74, 6) is -0.261. The molecule has 0 amide bonds. The molecule has 0 saturated carbocycles. The third-order valence-electron chi connectivity index (χ3n) is 3.50. The van der Waals surface area contributed by atoms with E-state index in [1.54, 1.807) is 31.4 Å². The standard InChI is InChI=1S/C15H12ClNO3/c1-17-11-5-8(15(18)19)3-4-10(11)14-12(17)6-9(16)7-13(14)20-2/h3-7H,1-2H3,(H,18,19). The predicted molar refractivity (Wildman–Crippen MR) is 78.9 cm³/mol. The maximum Gasteiger partial charge on any atom is 0.335 e. The minimum atomic E-state index is -0.942. The number of carboxylic acids is 1. The van der Waals surface area contributed by atoms with E-state index in [2.05, 4.69) is 0 Å². The van der Waals surface area contributed by atoms with Gasteiger partial charge >= 0.3 is 5.97 Å². The first-order valence-corrected chi connectivity index (χ1v) is 6.39. The number of carbonyl (C=O) groups is 1. The van der Waals surface area contributed by atoms with E-state index in [4.69, 9.17) is 21.4 Å². The first kappa shape index (κ1) is 12.8. The molecular formula is C15H12ClNO3. The molecule has 0 aliphatic rings. The molecule has 1 aromatic heterocycles. The maximum absolute atomic E-state index is 11.1. The third-order valence-corrected chi connectivity index (χ3v) is 3.72. The lowest BCUT2D eigenvalue weighted by molar-refractivity contribution is 0.0697. The molecule has 3 rings (SSSR count). The molecule has 0 bridgehead atoms. The SMILES string of the molecule is COc1cc(Cl)cc2c1c1ccc(C(=O)O)cc1n2C. The lowest BCUT2D eigenvalue weighted by Crippen LogP contribution is -1.96. The molecule has 0 unspecified atom stereocenters. The molecule has 0 radical (unpaired) electrons. The number of methoxy groups -OCH3 is 1. The molecule has 0 fully saturated rings. The number of carboxylic acid groups (broad SMARTS) is 1. The third kappa shape index (κ3) is 1.72. The van der Waals surface area contributed by atoms with Gasteiger partial charge in [0.1, 0.15) is 5.75 Å². The lowest BCUT2D eigenvalue weighted by Gasteiger charge is -2.04. The number of nitrogens with zero attached hydrogens (tertiary/aromatic N) is 1. The normalized spacial score (nSPS) is 11.2. The summed E-state index contributed by atoms with van der Waals surface area (Å²) < 4.78 is 7.32. The van der Waals surface area contributed by atoms with Gasteiger partial charge in [0.2, 0.25) is 0 Å². The first-order chi connectivity index (χ1) is 9.52. The fraction of sp³-hybridized carbons (Fsp3) is 0.133. The largest absolute Gasteiger partial charge is 0.496 e. The molecule has 4 nitrogen and oxygen atoms in total. The Kier molecular flexibility index (Phi) is 2.83. The topological polar surface area (TPSA) is 51.5 Å². The molecule has 0 spiro atoms. The fourth-order valence-electron chi connectivity index (χ4n) is 2.55. The van der Waals surface area contributed by atoms with Gasteiger partial charge in [-0.3, -0.25) is 0 Å². The van der Waals surface area contributed by atoms with E-state index in [9.17, 15) is 4.79 Å². The molecule has 3 aromatic rings. The molecule has 0 saturated heterocycles. The molecule has 0 atom stereocenters. The van der Waals surface area contributed by atoms with Crippen molar-refractivity contribution < 1.29 is 14.6 Å². The Hall–Kier alpha value is -2.20. The van der Waals surface area contributed by atoms with E-state index < -0.39 is 5.97 Å². The average molecular weight is 290 g/mol. The summed E-state index contributed by atoms with van der Waals surface area (Å²) >= 11 is 6.10. The molecule has 20 heavy (non-hydrogen) atoms. The molecule has 2 aromatic carbocycles. The van der Waals surface area contributed by atoms with Crippen molar-refractivity contribution >= 4 is 39.4 Å². The highest BCUT2D eigenvalue weighted by atomic mass is 35.5. The van der Waals surface area contributed by atoms with Gasteiger partial charge in [-0.2, -0.15) is 0 Å². The Bertz CT molecular complexity index is 851. The second-order valence-corrected chi connectivity index (χ2v) is 5.03. The van der Waals surface area contributed by atoms with Gasteiger partial charge in [-0.25, -0.2) is 4.79 Å². The number of aromatic nitrogens is 1. The Morgan fingerprint density at radius 3 is 2.65 bits per heavy atom. The Morgan fingerprint density at radius 2 is 2.00 bits per heavy atom. The summed E-state index contributed by atoms with van der Waals surface area (Å²) in [6.07, 6.45) is 0. The summed E-state index contributed by atoms with van der Waals surface area (Å²) in [4.78, 5) is 11.1. The number of benzene rings is 2. The highest BCUT2D eigenvalue weighted by Gasteiger charge is 2.15. The summed E-state index contributed by atoms with van der Waals surface area (Å²) in [5.41, 5.74) is 2.00. The van der Waals surface area contributed by atoms with Crippen LogP contribution >= 0.6 is 11.6 Å². The number of hydrogen-bond acceptors (Lipinski definition) is 2. The van der Waals surface area contributed by atoms with E-state index in [1.165, 1.54) is 0 Å². The Morgan fingerprint density at radius 1 is 1.25 bits per heavy atom.